The summed E-state index contributed by atoms with van der Waals surface area (Å²) in [6.45, 7) is 6.53. The van der Waals surface area contributed by atoms with Gasteiger partial charge < -0.3 is 10.2 Å². The highest BCUT2D eigenvalue weighted by atomic mass is 28.4. The SMILES string of the molecule is C[Si](C)(C)Oc1ccc2ccc(N)cc2c1. The Bertz CT molecular complexity index is 517. The molecule has 0 spiro atoms. The summed E-state index contributed by atoms with van der Waals surface area (Å²) in [5.41, 5.74) is 6.56. The van der Waals surface area contributed by atoms with E-state index in [4.69, 9.17) is 10.2 Å². The van der Waals surface area contributed by atoms with E-state index in [-0.39, 0.29) is 0 Å². The van der Waals surface area contributed by atoms with Crippen molar-refractivity contribution in [3.8, 4) is 5.75 Å². The van der Waals surface area contributed by atoms with Crippen molar-refractivity contribution >= 4 is 24.8 Å². The Morgan fingerprint density at radius 3 is 2.31 bits per heavy atom. The molecule has 0 aromatic heterocycles. The molecule has 3 heteroatoms. The monoisotopic (exact) mass is 231 g/mol. The molecule has 0 saturated heterocycles. The van der Waals surface area contributed by atoms with Gasteiger partial charge in [-0.05, 0) is 54.7 Å². The van der Waals surface area contributed by atoms with E-state index >= 15 is 0 Å². The van der Waals surface area contributed by atoms with Gasteiger partial charge in [0.1, 0.15) is 5.75 Å². The van der Waals surface area contributed by atoms with Gasteiger partial charge in [-0.2, -0.15) is 0 Å². The average molecular weight is 231 g/mol. The van der Waals surface area contributed by atoms with Crippen LogP contribution in [0.25, 0.3) is 10.8 Å². The lowest BCUT2D eigenvalue weighted by Crippen LogP contribution is -2.29. The molecule has 0 unspecified atom stereocenters. The van der Waals surface area contributed by atoms with Crippen LogP contribution in [0.2, 0.25) is 19.6 Å². The zero-order valence-electron chi connectivity index (χ0n) is 9.95. The normalized spacial score (nSPS) is 11.7. The van der Waals surface area contributed by atoms with E-state index in [9.17, 15) is 0 Å². The smallest absolute Gasteiger partial charge is 0.242 e. The molecular weight excluding hydrogens is 214 g/mol. The molecule has 0 saturated carbocycles. The number of benzene rings is 2. The predicted octanol–water partition coefficient (Wildman–Crippen LogP) is 3.64. The molecule has 2 N–H and O–H groups in total. The first-order valence-corrected chi connectivity index (χ1v) is 8.83. The zero-order valence-corrected chi connectivity index (χ0v) is 10.9. The number of fused-ring (bicyclic) bond motifs is 1. The zero-order chi connectivity index (χ0) is 11.8. The molecule has 0 aliphatic rings. The lowest BCUT2D eigenvalue weighted by molar-refractivity contribution is 0.558. The summed E-state index contributed by atoms with van der Waals surface area (Å²) < 4.78 is 5.95. The molecule has 0 amide bonds. The number of rotatable bonds is 2. The molecule has 16 heavy (non-hydrogen) atoms. The fourth-order valence-corrected chi connectivity index (χ4v) is 2.49. The van der Waals surface area contributed by atoms with E-state index in [0.717, 1.165) is 16.8 Å². The van der Waals surface area contributed by atoms with Crippen molar-refractivity contribution in [2.24, 2.45) is 0 Å². The van der Waals surface area contributed by atoms with Crippen LogP contribution in [-0.4, -0.2) is 8.32 Å². The van der Waals surface area contributed by atoms with Crippen LogP contribution in [0.3, 0.4) is 0 Å². The van der Waals surface area contributed by atoms with Crippen LogP contribution in [0.5, 0.6) is 5.75 Å². The Kier molecular flexibility index (Phi) is 2.64. The number of anilines is 1. The molecule has 2 nitrogen and oxygen atoms in total. The number of hydrogen-bond acceptors (Lipinski definition) is 2. The largest absolute Gasteiger partial charge is 0.544 e. The van der Waals surface area contributed by atoms with Crippen LogP contribution in [0.4, 0.5) is 5.69 Å². The van der Waals surface area contributed by atoms with Gasteiger partial charge in [0.15, 0.2) is 0 Å². The fraction of sp³-hybridized carbons (Fsp3) is 0.231. The van der Waals surface area contributed by atoms with Crippen LogP contribution in [0.1, 0.15) is 0 Å². The summed E-state index contributed by atoms with van der Waals surface area (Å²) >= 11 is 0. The molecule has 0 radical (unpaired) electrons. The Labute approximate surface area is 97.2 Å². The summed E-state index contributed by atoms with van der Waals surface area (Å²) in [4.78, 5) is 0. The minimum atomic E-state index is -1.53. The third-order valence-corrected chi connectivity index (χ3v) is 3.11. The van der Waals surface area contributed by atoms with E-state index in [1.165, 1.54) is 5.39 Å². The summed E-state index contributed by atoms with van der Waals surface area (Å²) in [6.07, 6.45) is 0. The molecule has 0 heterocycles. The van der Waals surface area contributed by atoms with Gasteiger partial charge in [-0.15, -0.1) is 0 Å². The maximum absolute atomic E-state index is 5.95. The highest BCUT2D eigenvalue weighted by Crippen LogP contribution is 2.24. The Balaban J connectivity index is 2.43. The first-order chi connectivity index (χ1) is 7.44. The van der Waals surface area contributed by atoms with Crippen molar-refractivity contribution in [2.45, 2.75) is 19.6 Å². The number of nitrogen functional groups attached to an aromatic ring is 1. The first-order valence-electron chi connectivity index (χ1n) is 5.42. The van der Waals surface area contributed by atoms with E-state index in [1.54, 1.807) is 0 Å². The highest BCUT2D eigenvalue weighted by Gasteiger charge is 2.16. The van der Waals surface area contributed by atoms with Crippen molar-refractivity contribution in [2.75, 3.05) is 5.73 Å². The van der Waals surface area contributed by atoms with Gasteiger partial charge in [0.25, 0.3) is 0 Å². The van der Waals surface area contributed by atoms with Crippen molar-refractivity contribution in [1.82, 2.24) is 0 Å². The van der Waals surface area contributed by atoms with E-state index < -0.39 is 8.32 Å². The van der Waals surface area contributed by atoms with E-state index in [0.29, 0.717) is 0 Å². The van der Waals surface area contributed by atoms with Crippen LogP contribution < -0.4 is 10.2 Å². The quantitative estimate of drug-likeness (QED) is 0.632. The van der Waals surface area contributed by atoms with Gasteiger partial charge in [-0.1, -0.05) is 12.1 Å². The van der Waals surface area contributed by atoms with Crippen molar-refractivity contribution in [3.05, 3.63) is 36.4 Å². The topological polar surface area (TPSA) is 35.2 Å². The van der Waals surface area contributed by atoms with Gasteiger partial charge in [-0.3, -0.25) is 0 Å². The Morgan fingerprint density at radius 1 is 0.938 bits per heavy atom. The summed E-state index contributed by atoms with van der Waals surface area (Å²) in [7, 11) is -1.53. The standard InChI is InChI=1S/C13H17NOSi/c1-16(2,3)15-13-7-5-10-4-6-12(14)8-11(10)9-13/h4-9H,14H2,1-3H3. The summed E-state index contributed by atoms with van der Waals surface area (Å²) in [5.74, 6) is 0.942. The minimum Gasteiger partial charge on any atom is -0.544 e. The molecule has 2 aromatic rings. The minimum absolute atomic E-state index is 0.789. The van der Waals surface area contributed by atoms with E-state index in [2.05, 4.69) is 31.8 Å². The van der Waals surface area contributed by atoms with Crippen LogP contribution in [0, 0.1) is 0 Å². The molecule has 0 atom stereocenters. The third-order valence-electron chi connectivity index (χ3n) is 2.26. The van der Waals surface area contributed by atoms with Crippen molar-refractivity contribution < 1.29 is 4.43 Å². The summed E-state index contributed by atoms with van der Waals surface area (Å²) in [6, 6.07) is 12.1. The van der Waals surface area contributed by atoms with E-state index in [1.807, 2.05) is 24.3 Å². The fourth-order valence-electron chi connectivity index (χ4n) is 1.66. The summed E-state index contributed by atoms with van der Waals surface area (Å²) in [5, 5.41) is 2.33. The number of nitrogens with two attached hydrogens (primary N) is 1. The molecule has 0 bridgehead atoms. The predicted molar refractivity (Wildman–Crippen MR) is 72.3 cm³/mol. The second-order valence-electron chi connectivity index (χ2n) is 4.98. The van der Waals surface area contributed by atoms with Crippen LogP contribution in [-0.2, 0) is 0 Å². The Morgan fingerprint density at radius 2 is 1.62 bits per heavy atom. The van der Waals surface area contributed by atoms with Crippen molar-refractivity contribution in [1.29, 1.82) is 0 Å². The van der Waals surface area contributed by atoms with Gasteiger partial charge in [-0.25, -0.2) is 0 Å². The van der Waals surface area contributed by atoms with Crippen LogP contribution in [0.15, 0.2) is 36.4 Å². The molecule has 0 aliphatic carbocycles. The maximum Gasteiger partial charge on any atom is 0.242 e. The molecule has 2 rings (SSSR count). The molecular formula is C13H17NOSi. The lowest BCUT2D eigenvalue weighted by Gasteiger charge is -2.19. The first kappa shape index (κ1) is 11.0. The van der Waals surface area contributed by atoms with Crippen molar-refractivity contribution in [3.63, 3.8) is 0 Å². The molecule has 84 valence electrons. The average Bonchev–Trinajstić information content (AvgIpc) is 2.14. The second kappa shape index (κ2) is 3.83. The van der Waals surface area contributed by atoms with Gasteiger partial charge in [0.2, 0.25) is 8.32 Å². The maximum atomic E-state index is 5.95. The highest BCUT2D eigenvalue weighted by molar-refractivity contribution is 6.70. The van der Waals surface area contributed by atoms with Crippen LogP contribution >= 0.6 is 0 Å². The van der Waals surface area contributed by atoms with Gasteiger partial charge in [0, 0.05) is 5.69 Å². The number of hydrogen-bond donors (Lipinski definition) is 1. The molecule has 0 fully saturated rings. The van der Waals surface area contributed by atoms with Gasteiger partial charge in [0.05, 0.1) is 0 Å². The Hall–Kier alpha value is -1.48. The lowest BCUT2D eigenvalue weighted by atomic mass is 10.1. The second-order valence-corrected chi connectivity index (χ2v) is 9.41. The third kappa shape index (κ3) is 2.55. The molecule has 2 aromatic carbocycles. The van der Waals surface area contributed by atoms with Gasteiger partial charge >= 0.3 is 0 Å². The molecule has 0 aliphatic heterocycles.